The van der Waals surface area contributed by atoms with E-state index in [1.165, 1.54) is 0 Å². The van der Waals surface area contributed by atoms with Crippen LogP contribution >= 0.6 is 0 Å². The Morgan fingerprint density at radius 1 is 1.33 bits per heavy atom. The first kappa shape index (κ1) is 11.7. The van der Waals surface area contributed by atoms with E-state index in [1.807, 2.05) is 44.2 Å². The van der Waals surface area contributed by atoms with Crippen molar-refractivity contribution >= 4 is 5.91 Å². The zero-order valence-electron chi connectivity index (χ0n) is 9.10. The molecule has 3 heteroatoms. The molecule has 0 aliphatic rings. The van der Waals surface area contributed by atoms with Gasteiger partial charge in [-0.2, -0.15) is 0 Å². The lowest BCUT2D eigenvalue weighted by Gasteiger charge is -2.13. The van der Waals surface area contributed by atoms with Gasteiger partial charge in [0.15, 0.2) is 0 Å². The Balaban J connectivity index is 2.44. The van der Waals surface area contributed by atoms with Crippen LogP contribution in [0.4, 0.5) is 0 Å². The van der Waals surface area contributed by atoms with Crippen molar-refractivity contribution in [2.24, 2.45) is 5.92 Å². The maximum atomic E-state index is 11.3. The van der Waals surface area contributed by atoms with Crippen molar-refractivity contribution in [3.63, 3.8) is 0 Å². The minimum absolute atomic E-state index is 0.0371. The lowest BCUT2D eigenvalue weighted by molar-refractivity contribution is -0.124. The molecule has 0 heterocycles. The standard InChI is InChI=1S/C12H17NO2/c1-9(2)12(15)13-8-11(14)10-6-4-3-5-7-10/h3-7,9,11,14H,8H2,1-2H3,(H,13,15)/t11-/m1/s1. The van der Waals surface area contributed by atoms with Crippen LogP contribution in [-0.4, -0.2) is 17.6 Å². The molecule has 0 saturated heterocycles. The highest BCUT2D eigenvalue weighted by Crippen LogP contribution is 2.10. The van der Waals surface area contributed by atoms with Gasteiger partial charge in [-0.15, -0.1) is 0 Å². The van der Waals surface area contributed by atoms with Gasteiger partial charge >= 0.3 is 0 Å². The van der Waals surface area contributed by atoms with Gasteiger partial charge in [-0.1, -0.05) is 44.2 Å². The number of benzene rings is 1. The third-order valence-electron chi connectivity index (χ3n) is 2.18. The van der Waals surface area contributed by atoms with Gasteiger partial charge in [0.2, 0.25) is 5.91 Å². The molecule has 0 spiro atoms. The van der Waals surface area contributed by atoms with Crippen LogP contribution in [0.2, 0.25) is 0 Å². The molecule has 0 fully saturated rings. The predicted molar refractivity (Wildman–Crippen MR) is 59.2 cm³/mol. The average Bonchev–Trinajstić information content (AvgIpc) is 2.26. The number of amides is 1. The van der Waals surface area contributed by atoms with Crippen LogP contribution in [-0.2, 0) is 4.79 Å². The summed E-state index contributed by atoms with van der Waals surface area (Å²) in [6.07, 6.45) is -0.631. The van der Waals surface area contributed by atoms with Gasteiger partial charge in [0, 0.05) is 12.5 Å². The Morgan fingerprint density at radius 2 is 1.93 bits per heavy atom. The van der Waals surface area contributed by atoms with E-state index >= 15 is 0 Å². The van der Waals surface area contributed by atoms with E-state index in [0.29, 0.717) is 0 Å². The summed E-state index contributed by atoms with van der Waals surface area (Å²) < 4.78 is 0. The summed E-state index contributed by atoms with van der Waals surface area (Å²) >= 11 is 0. The summed E-state index contributed by atoms with van der Waals surface area (Å²) in [5.41, 5.74) is 0.821. The topological polar surface area (TPSA) is 49.3 Å². The highest BCUT2D eigenvalue weighted by atomic mass is 16.3. The third-order valence-corrected chi connectivity index (χ3v) is 2.18. The lowest BCUT2D eigenvalue weighted by Crippen LogP contribution is -2.31. The zero-order chi connectivity index (χ0) is 11.3. The highest BCUT2D eigenvalue weighted by molar-refractivity contribution is 5.77. The minimum Gasteiger partial charge on any atom is -0.387 e. The molecule has 1 rings (SSSR count). The predicted octanol–water partition coefficient (Wildman–Crippen LogP) is 1.49. The average molecular weight is 207 g/mol. The smallest absolute Gasteiger partial charge is 0.222 e. The first-order chi connectivity index (χ1) is 7.11. The molecule has 0 radical (unpaired) electrons. The second kappa shape index (κ2) is 5.51. The molecular weight excluding hydrogens is 190 g/mol. The number of hydrogen-bond donors (Lipinski definition) is 2. The number of carbonyl (C=O) groups is 1. The Hall–Kier alpha value is -1.35. The molecule has 1 atom stereocenters. The summed E-state index contributed by atoms with van der Waals surface area (Å²) in [7, 11) is 0. The molecule has 0 aliphatic carbocycles. The monoisotopic (exact) mass is 207 g/mol. The number of carbonyl (C=O) groups excluding carboxylic acids is 1. The minimum atomic E-state index is -0.631. The van der Waals surface area contributed by atoms with Crippen molar-refractivity contribution < 1.29 is 9.90 Å². The Kier molecular flexibility index (Phi) is 4.31. The van der Waals surface area contributed by atoms with E-state index < -0.39 is 6.10 Å². The third kappa shape index (κ3) is 3.72. The van der Waals surface area contributed by atoms with Crippen molar-refractivity contribution in [3.8, 4) is 0 Å². The molecule has 1 aromatic rings. The van der Waals surface area contributed by atoms with E-state index in [2.05, 4.69) is 5.32 Å². The van der Waals surface area contributed by atoms with Crippen LogP contribution in [0.1, 0.15) is 25.5 Å². The normalized spacial score (nSPS) is 12.5. The van der Waals surface area contributed by atoms with Gasteiger partial charge in [0.1, 0.15) is 0 Å². The fourth-order valence-corrected chi connectivity index (χ4v) is 1.19. The quantitative estimate of drug-likeness (QED) is 0.786. The van der Waals surface area contributed by atoms with Crippen LogP contribution in [0, 0.1) is 5.92 Å². The van der Waals surface area contributed by atoms with Crippen molar-refractivity contribution in [2.45, 2.75) is 20.0 Å². The molecule has 1 aromatic carbocycles. The number of nitrogens with one attached hydrogen (secondary N) is 1. The first-order valence-corrected chi connectivity index (χ1v) is 5.12. The summed E-state index contributed by atoms with van der Waals surface area (Å²) in [6.45, 7) is 3.91. The zero-order valence-corrected chi connectivity index (χ0v) is 9.10. The molecule has 15 heavy (non-hydrogen) atoms. The van der Waals surface area contributed by atoms with Gasteiger partial charge in [-0.05, 0) is 5.56 Å². The number of aliphatic hydroxyl groups excluding tert-OH is 1. The van der Waals surface area contributed by atoms with Crippen LogP contribution in [0.15, 0.2) is 30.3 Å². The molecule has 3 nitrogen and oxygen atoms in total. The number of hydrogen-bond acceptors (Lipinski definition) is 2. The second-order valence-electron chi connectivity index (χ2n) is 3.83. The van der Waals surface area contributed by atoms with Crippen LogP contribution in [0.5, 0.6) is 0 Å². The largest absolute Gasteiger partial charge is 0.387 e. The van der Waals surface area contributed by atoms with Gasteiger partial charge in [-0.25, -0.2) is 0 Å². The van der Waals surface area contributed by atoms with Gasteiger partial charge in [0.05, 0.1) is 6.10 Å². The van der Waals surface area contributed by atoms with Crippen LogP contribution in [0.3, 0.4) is 0 Å². The molecule has 0 saturated carbocycles. The summed E-state index contributed by atoms with van der Waals surface area (Å²) in [4.78, 5) is 11.3. The van der Waals surface area contributed by atoms with Crippen LogP contribution in [0.25, 0.3) is 0 Å². The molecule has 2 N–H and O–H groups in total. The van der Waals surface area contributed by atoms with Crippen molar-refractivity contribution in [2.75, 3.05) is 6.54 Å². The van der Waals surface area contributed by atoms with Gasteiger partial charge in [-0.3, -0.25) is 4.79 Å². The second-order valence-corrected chi connectivity index (χ2v) is 3.83. The van der Waals surface area contributed by atoms with E-state index in [-0.39, 0.29) is 18.4 Å². The number of aliphatic hydroxyl groups is 1. The molecule has 82 valence electrons. The van der Waals surface area contributed by atoms with E-state index in [9.17, 15) is 9.90 Å². The maximum Gasteiger partial charge on any atom is 0.222 e. The van der Waals surface area contributed by atoms with Crippen molar-refractivity contribution in [1.82, 2.24) is 5.32 Å². The molecule has 0 unspecified atom stereocenters. The fraction of sp³-hybridized carbons (Fsp3) is 0.417. The SMILES string of the molecule is CC(C)C(=O)NC[C@@H](O)c1ccccc1. The molecule has 0 bridgehead atoms. The van der Waals surface area contributed by atoms with Crippen LogP contribution < -0.4 is 5.32 Å². The van der Waals surface area contributed by atoms with Gasteiger partial charge < -0.3 is 10.4 Å². The Labute approximate surface area is 90.1 Å². The van der Waals surface area contributed by atoms with Crippen molar-refractivity contribution in [1.29, 1.82) is 0 Å². The first-order valence-electron chi connectivity index (χ1n) is 5.12. The van der Waals surface area contributed by atoms with Crippen molar-refractivity contribution in [3.05, 3.63) is 35.9 Å². The highest BCUT2D eigenvalue weighted by Gasteiger charge is 2.10. The molecule has 0 aromatic heterocycles. The number of rotatable bonds is 4. The Bertz CT molecular complexity index is 309. The molecule has 0 aliphatic heterocycles. The molecular formula is C12H17NO2. The maximum absolute atomic E-state index is 11.3. The van der Waals surface area contributed by atoms with E-state index in [1.54, 1.807) is 0 Å². The Morgan fingerprint density at radius 3 is 2.47 bits per heavy atom. The summed E-state index contributed by atoms with van der Waals surface area (Å²) in [6, 6.07) is 9.30. The summed E-state index contributed by atoms with van der Waals surface area (Å²) in [5, 5.41) is 12.4. The molecule has 1 amide bonds. The van der Waals surface area contributed by atoms with Gasteiger partial charge in [0.25, 0.3) is 0 Å². The lowest BCUT2D eigenvalue weighted by atomic mass is 10.1. The van der Waals surface area contributed by atoms with E-state index in [0.717, 1.165) is 5.56 Å². The van der Waals surface area contributed by atoms with E-state index in [4.69, 9.17) is 0 Å². The fourth-order valence-electron chi connectivity index (χ4n) is 1.19. The summed E-state index contributed by atoms with van der Waals surface area (Å²) in [5.74, 6) is -0.0852.